The first-order valence-electron chi connectivity index (χ1n) is 22.7. The summed E-state index contributed by atoms with van der Waals surface area (Å²) in [5.41, 5.74) is 7.73. The lowest BCUT2D eigenvalue weighted by atomic mass is 10.0. The van der Waals surface area contributed by atoms with Crippen molar-refractivity contribution < 1.29 is 42.4 Å². The number of halogens is 2. The van der Waals surface area contributed by atoms with E-state index in [2.05, 4.69) is 36.7 Å². The average molecular weight is 906 g/mol. The molecular weight excluding hydrogens is 853 g/mol. The molecule has 5 heterocycles. The summed E-state index contributed by atoms with van der Waals surface area (Å²) >= 11 is 0. The predicted octanol–water partition coefficient (Wildman–Crippen LogP) is 6.76. The molecule has 3 saturated heterocycles. The second-order valence-corrected chi connectivity index (χ2v) is 17.1. The van der Waals surface area contributed by atoms with Gasteiger partial charge in [0.05, 0.1) is 28.8 Å². The van der Waals surface area contributed by atoms with Crippen molar-refractivity contribution in [3.8, 4) is 0 Å². The number of hydrogen-bond acceptors (Lipinski definition) is 12. The lowest BCUT2D eigenvalue weighted by Gasteiger charge is -2.36. The molecule has 1 atom stereocenters. The second-order valence-electron chi connectivity index (χ2n) is 17.1. The van der Waals surface area contributed by atoms with Crippen molar-refractivity contribution in [3.63, 3.8) is 0 Å². The number of unbranched alkanes of at least 4 members (excludes halogenated alkanes) is 3. The van der Waals surface area contributed by atoms with Crippen LogP contribution in [0.15, 0.2) is 72.8 Å². The maximum absolute atomic E-state index is 14.0. The summed E-state index contributed by atoms with van der Waals surface area (Å²) in [4.78, 5) is 69.2. The Morgan fingerprint density at radius 1 is 0.803 bits per heavy atom. The van der Waals surface area contributed by atoms with Crippen LogP contribution in [0, 0.1) is 11.6 Å². The number of anilines is 4. The fourth-order valence-electron chi connectivity index (χ4n) is 9.09. The molecule has 0 radical (unpaired) electrons. The molecule has 5 N–H and O–H groups in total. The zero-order valence-electron chi connectivity index (χ0n) is 36.5. The highest BCUT2D eigenvalue weighted by Gasteiger charge is 2.43. The summed E-state index contributed by atoms with van der Waals surface area (Å²) in [6.45, 7) is 4.67. The van der Waals surface area contributed by atoms with E-state index in [0.29, 0.717) is 122 Å². The Labute approximate surface area is 380 Å². The highest BCUT2D eigenvalue weighted by atomic mass is 19.1. The standard InChI is InChI=1S/C48H53F2N9O7/c49-32-25-31(26-33(50)28-32)24-30-9-12-39-38(27-30)45(55-54-39)53-46(61)36-11-10-35(29-41(36)52-34-13-21-64-22-14-34)57-17-19-58(20-18-57)42(60)8-3-1-2-4-16-51-40-7-5-6-37-44(40)48(63)59(47(37)62)43-15-23-65-56-66-43/h5-7,9-12,25-29,34,43,51-52,56H,1-4,8,13-24H2,(H2,53,54,55,61). The maximum Gasteiger partial charge on any atom is 0.265 e. The van der Waals surface area contributed by atoms with Gasteiger partial charge in [-0.05, 0) is 97.8 Å². The Morgan fingerprint density at radius 3 is 2.39 bits per heavy atom. The number of aromatic amines is 1. The van der Waals surface area contributed by atoms with Gasteiger partial charge in [-0.1, -0.05) is 30.6 Å². The third-order valence-electron chi connectivity index (χ3n) is 12.6. The summed E-state index contributed by atoms with van der Waals surface area (Å²) in [7, 11) is 0. The zero-order valence-corrected chi connectivity index (χ0v) is 36.5. The number of rotatable bonds is 16. The number of ether oxygens (including phenoxy) is 1. The number of carbonyl (C=O) groups is 4. The van der Waals surface area contributed by atoms with Crippen LogP contribution in [0.25, 0.3) is 10.9 Å². The lowest BCUT2D eigenvalue weighted by Crippen LogP contribution is -2.48. The molecule has 346 valence electrons. The van der Waals surface area contributed by atoms with Gasteiger partial charge in [-0.3, -0.25) is 34.0 Å². The minimum Gasteiger partial charge on any atom is -0.384 e. The van der Waals surface area contributed by atoms with E-state index in [1.165, 1.54) is 12.1 Å². The van der Waals surface area contributed by atoms with Gasteiger partial charge < -0.3 is 30.5 Å². The third-order valence-corrected chi connectivity index (χ3v) is 12.6. The Balaban J connectivity index is 0.757. The van der Waals surface area contributed by atoms with Crippen molar-refractivity contribution in [2.45, 2.75) is 70.1 Å². The number of piperazine rings is 1. The summed E-state index contributed by atoms with van der Waals surface area (Å²) in [6.07, 6.45) is 5.42. The van der Waals surface area contributed by atoms with Crippen LogP contribution in [0.5, 0.6) is 0 Å². The van der Waals surface area contributed by atoms with Gasteiger partial charge in [-0.15, -0.1) is 0 Å². The topological polar surface area (TPSA) is 182 Å². The van der Waals surface area contributed by atoms with Gasteiger partial charge in [0.2, 0.25) is 5.91 Å². The molecule has 4 aliphatic heterocycles. The summed E-state index contributed by atoms with van der Waals surface area (Å²) in [6, 6.07) is 20.1. The van der Waals surface area contributed by atoms with Gasteiger partial charge in [0.25, 0.3) is 17.7 Å². The van der Waals surface area contributed by atoms with Gasteiger partial charge in [0, 0.05) is 93.3 Å². The largest absolute Gasteiger partial charge is 0.384 e. The van der Waals surface area contributed by atoms with E-state index in [1.54, 1.807) is 18.2 Å². The number of imide groups is 1. The molecule has 5 aromatic rings. The Bertz CT molecular complexity index is 2570. The zero-order chi connectivity index (χ0) is 45.6. The first kappa shape index (κ1) is 44.7. The summed E-state index contributed by atoms with van der Waals surface area (Å²) < 4.78 is 33.4. The minimum absolute atomic E-state index is 0.123. The van der Waals surface area contributed by atoms with Gasteiger partial charge in [-0.25, -0.2) is 13.7 Å². The maximum atomic E-state index is 14.0. The van der Waals surface area contributed by atoms with Gasteiger partial charge in [0.1, 0.15) is 11.6 Å². The number of carbonyl (C=O) groups excluding carboxylic acids is 4. The SMILES string of the molecule is O=C(Nc1n[nH]c2ccc(Cc3cc(F)cc(F)c3)cc12)c1ccc(N2CCN(C(=O)CCCCCCNc3cccc4c3C(=O)N(C3CCONO3)C4=O)CC2)cc1NC1CCOCC1. The molecule has 9 rings (SSSR count). The highest BCUT2D eigenvalue weighted by molar-refractivity contribution is 6.24. The molecule has 0 bridgehead atoms. The number of hydrogen-bond donors (Lipinski definition) is 5. The molecule has 3 fully saturated rings. The fraction of sp³-hybridized carbons (Fsp3) is 0.396. The van der Waals surface area contributed by atoms with Crippen LogP contribution in [0.4, 0.5) is 31.7 Å². The Hall–Kier alpha value is -6.47. The molecule has 66 heavy (non-hydrogen) atoms. The molecule has 4 aliphatic rings. The quantitative estimate of drug-likeness (QED) is 0.0519. The normalized spacial score (nSPS) is 17.9. The van der Waals surface area contributed by atoms with Crippen LogP contribution in [0.2, 0.25) is 0 Å². The van der Waals surface area contributed by atoms with Crippen molar-refractivity contribution >= 4 is 57.4 Å². The van der Waals surface area contributed by atoms with E-state index >= 15 is 0 Å². The number of amides is 4. The molecule has 1 unspecified atom stereocenters. The lowest BCUT2D eigenvalue weighted by molar-refractivity contribution is -0.259. The van der Waals surface area contributed by atoms with E-state index in [0.717, 1.165) is 60.7 Å². The van der Waals surface area contributed by atoms with E-state index in [-0.39, 0.29) is 23.8 Å². The van der Waals surface area contributed by atoms with E-state index in [4.69, 9.17) is 14.4 Å². The molecule has 4 aromatic carbocycles. The van der Waals surface area contributed by atoms with Gasteiger partial charge in [0.15, 0.2) is 12.0 Å². The average Bonchev–Trinajstić information content (AvgIpc) is 3.84. The summed E-state index contributed by atoms with van der Waals surface area (Å²) in [5.74, 6) is -1.91. The van der Waals surface area contributed by atoms with Crippen molar-refractivity contribution in [2.75, 3.05) is 73.4 Å². The molecule has 1 aromatic heterocycles. The molecule has 0 spiro atoms. The van der Waals surface area contributed by atoms with Crippen LogP contribution in [0.3, 0.4) is 0 Å². The van der Waals surface area contributed by atoms with Crippen LogP contribution in [0.1, 0.15) is 93.6 Å². The van der Waals surface area contributed by atoms with Crippen LogP contribution < -0.4 is 26.5 Å². The molecule has 0 saturated carbocycles. The molecule has 4 amide bonds. The third kappa shape index (κ3) is 10.2. The van der Waals surface area contributed by atoms with Crippen molar-refractivity contribution in [3.05, 3.63) is 112 Å². The number of benzene rings is 4. The Kier molecular flexibility index (Phi) is 13.8. The first-order chi connectivity index (χ1) is 32.2. The van der Waals surface area contributed by atoms with Crippen molar-refractivity contribution in [1.29, 1.82) is 0 Å². The monoisotopic (exact) mass is 905 g/mol. The Morgan fingerprint density at radius 2 is 1.61 bits per heavy atom. The van der Waals surface area contributed by atoms with E-state index in [1.807, 2.05) is 41.3 Å². The minimum atomic E-state index is -0.740. The second kappa shape index (κ2) is 20.4. The fourth-order valence-corrected chi connectivity index (χ4v) is 9.09. The smallest absolute Gasteiger partial charge is 0.265 e. The van der Waals surface area contributed by atoms with E-state index in [9.17, 15) is 28.0 Å². The van der Waals surface area contributed by atoms with Gasteiger partial charge in [-0.2, -0.15) is 5.10 Å². The van der Waals surface area contributed by atoms with Crippen LogP contribution >= 0.6 is 0 Å². The summed E-state index contributed by atoms with van der Waals surface area (Å²) in [5, 5.41) is 18.0. The van der Waals surface area contributed by atoms with Crippen molar-refractivity contribution in [2.24, 2.45) is 0 Å². The highest BCUT2D eigenvalue weighted by Crippen LogP contribution is 2.33. The number of nitrogens with zero attached hydrogens (tertiary/aromatic N) is 4. The van der Waals surface area contributed by atoms with Gasteiger partial charge >= 0.3 is 0 Å². The van der Waals surface area contributed by atoms with E-state index < -0.39 is 23.8 Å². The molecular formula is C48H53F2N9O7. The number of H-pyrrole nitrogens is 1. The molecule has 16 nitrogen and oxygen atoms in total. The van der Waals surface area contributed by atoms with Crippen LogP contribution in [-0.2, 0) is 25.6 Å². The number of nitrogens with one attached hydrogen (secondary N) is 5. The number of fused-ring (bicyclic) bond motifs is 2. The number of aromatic nitrogens is 2. The molecule has 18 heteroatoms. The van der Waals surface area contributed by atoms with Crippen molar-refractivity contribution in [1.82, 2.24) is 25.6 Å². The molecule has 0 aliphatic carbocycles. The first-order valence-corrected chi connectivity index (χ1v) is 22.7. The predicted molar refractivity (Wildman–Crippen MR) is 243 cm³/mol. The van der Waals surface area contributed by atoms with Crippen LogP contribution in [-0.4, -0.2) is 108 Å².